The van der Waals surface area contributed by atoms with E-state index in [1.165, 1.54) is 57.9 Å². The number of rotatable bonds is 7. The van der Waals surface area contributed by atoms with Crippen molar-refractivity contribution in [3.8, 4) is 0 Å². The van der Waals surface area contributed by atoms with Crippen molar-refractivity contribution in [2.75, 3.05) is 6.54 Å². The normalized spacial score (nSPS) is 25.7. The second kappa shape index (κ2) is 8.96. The van der Waals surface area contributed by atoms with E-state index in [0.29, 0.717) is 6.04 Å². The molecule has 1 saturated carbocycles. The topological polar surface area (TPSA) is 12.0 Å². The molecule has 1 heteroatoms. The predicted molar refractivity (Wildman–Crippen MR) is 81.9 cm³/mol. The molecule has 108 valence electrons. The molecule has 0 heterocycles. The molecule has 0 radical (unpaired) electrons. The average Bonchev–Trinajstić information content (AvgIpc) is 2.58. The number of hydrogen-bond donors (Lipinski definition) is 1. The minimum atomic E-state index is 0.641. The van der Waals surface area contributed by atoms with E-state index in [0.717, 1.165) is 17.8 Å². The monoisotopic (exact) mass is 253 g/mol. The van der Waals surface area contributed by atoms with Crippen molar-refractivity contribution in [2.24, 2.45) is 17.8 Å². The first-order valence-corrected chi connectivity index (χ1v) is 8.40. The van der Waals surface area contributed by atoms with Crippen LogP contribution in [-0.4, -0.2) is 12.6 Å². The molecule has 18 heavy (non-hydrogen) atoms. The Labute approximate surface area is 115 Å². The lowest BCUT2D eigenvalue weighted by Gasteiger charge is -2.29. The van der Waals surface area contributed by atoms with Crippen LogP contribution in [0.2, 0.25) is 0 Å². The fourth-order valence-corrected chi connectivity index (χ4v) is 3.48. The highest BCUT2D eigenvalue weighted by Gasteiger charge is 2.25. The zero-order valence-electron chi connectivity index (χ0n) is 13.2. The van der Waals surface area contributed by atoms with E-state index in [4.69, 9.17) is 0 Å². The van der Waals surface area contributed by atoms with E-state index in [1.54, 1.807) is 0 Å². The van der Waals surface area contributed by atoms with E-state index in [2.05, 4.69) is 33.0 Å². The van der Waals surface area contributed by atoms with Gasteiger partial charge >= 0.3 is 0 Å². The maximum absolute atomic E-state index is 3.68. The third-order valence-electron chi connectivity index (χ3n) is 4.90. The van der Waals surface area contributed by atoms with Gasteiger partial charge in [-0.25, -0.2) is 0 Å². The average molecular weight is 253 g/mol. The summed E-state index contributed by atoms with van der Waals surface area (Å²) in [4.78, 5) is 0. The Morgan fingerprint density at radius 3 is 2.11 bits per heavy atom. The molecule has 2 unspecified atom stereocenters. The third-order valence-corrected chi connectivity index (χ3v) is 4.90. The molecule has 1 aliphatic rings. The SMILES string of the molecule is CCC(CC)CC1CCCCCC1CNC(C)C. The minimum absolute atomic E-state index is 0.641. The second-order valence-corrected chi connectivity index (χ2v) is 6.64. The van der Waals surface area contributed by atoms with Gasteiger partial charge in [0.2, 0.25) is 0 Å². The van der Waals surface area contributed by atoms with Crippen molar-refractivity contribution >= 4 is 0 Å². The molecule has 1 aliphatic carbocycles. The molecule has 1 N–H and O–H groups in total. The van der Waals surface area contributed by atoms with Crippen LogP contribution in [0.5, 0.6) is 0 Å². The van der Waals surface area contributed by atoms with Crippen molar-refractivity contribution in [2.45, 2.75) is 85.1 Å². The van der Waals surface area contributed by atoms with Gasteiger partial charge in [-0.15, -0.1) is 0 Å². The molecular weight excluding hydrogens is 218 g/mol. The molecule has 0 spiro atoms. The van der Waals surface area contributed by atoms with Crippen LogP contribution in [0.15, 0.2) is 0 Å². The molecule has 0 aliphatic heterocycles. The predicted octanol–water partition coefficient (Wildman–Crippen LogP) is 5.01. The van der Waals surface area contributed by atoms with Crippen molar-refractivity contribution in [1.29, 1.82) is 0 Å². The molecule has 0 amide bonds. The molecule has 1 fully saturated rings. The van der Waals surface area contributed by atoms with Crippen molar-refractivity contribution < 1.29 is 0 Å². The molecule has 2 atom stereocenters. The fourth-order valence-electron chi connectivity index (χ4n) is 3.48. The smallest absolute Gasteiger partial charge is 0.00104 e. The van der Waals surface area contributed by atoms with Gasteiger partial charge in [0.1, 0.15) is 0 Å². The summed E-state index contributed by atoms with van der Waals surface area (Å²) in [5.41, 5.74) is 0. The summed E-state index contributed by atoms with van der Waals surface area (Å²) in [5.74, 6) is 2.90. The molecule has 0 aromatic rings. The van der Waals surface area contributed by atoms with Crippen LogP contribution in [0.25, 0.3) is 0 Å². The second-order valence-electron chi connectivity index (χ2n) is 6.64. The maximum atomic E-state index is 3.68. The molecule has 1 nitrogen and oxygen atoms in total. The van der Waals surface area contributed by atoms with Crippen LogP contribution in [0, 0.1) is 17.8 Å². The molecule has 0 saturated heterocycles. The molecule has 0 bridgehead atoms. The van der Waals surface area contributed by atoms with Crippen molar-refractivity contribution in [3.05, 3.63) is 0 Å². The van der Waals surface area contributed by atoms with Gasteiger partial charge in [0.05, 0.1) is 0 Å². The van der Waals surface area contributed by atoms with Gasteiger partial charge in [-0.3, -0.25) is 0 Å². The molecule has 0 aromatic heterocycles. The molecule has 0 aromatic carbocycles. The summed E-state index contributed by atoms with van der Waals surface area (Å²) in [7, 11) is 0. The van der Waals surface area contributed by atoms with Gasteiger partial charge in [-0.05, 0) is 37.1 Å². The summed E-state index contributed by atoms with van der Waals surface area (Å²) in [6.07, 6.45) is 11.6. The minimum Gasteiger partial charge on any atom is -0.314 e. The summed E-state index contributed by atoms with van der Waals surface area (Å²) in [6.45, 7) is 10.5. The largest absolute Gasteiger partial charge is 0.314 e. The van der Waals surface area contributed by atoms with Gasteiger partial charge in [0.15, 0.2) is 0 Å². The lowest BCUT2D eigenvalue weighted by atomic mass is 9.79. The summed E-state index contributed by atoms with van der Waals surface area (Å²) >= 11 is 0. The summed E-state index contributed by atoms with van der Waals surface area (Å²) < 4.78 is 0. The van der Waals surface area contributed by atoms with Crippen LogP contribution in [0.1, 0.15) is 79.1 Å². The first-order valence-electron chi connectivity index (χ1n) is 8.40. The Kier molecular flexibility index (Phi) is 7.97. The van der Waals surface area contributed by atoms with Gasteiger partial charge in [0, 0.05) is 6.04 Å². The molecular formula is C17H35N. The first kappa shape index (κ1) is 16.0. The zero-order valence-corrected chi connectivity index (χ0v) is 13.2. The van der Waals surface area contributed by atoms with Gasteiger partial charge in [-0.2, -0.15) is 0 Å². The quantitative estimate of drug-likeness (QED) is 0.629. The van der Waals surface area contributed by atoms with Gasteiger partial charge < -0.3 is 5.32 Å². The number of nitrogens with one attached hydrogen (secondary N) is 1. The van der Waals surface area contributed by atoms with Crippen molar-refractivity contribution in [1.82, 2.24) is 5.32 Å². The summed E-state index contributed by atoms with van der Waals surface area (Å²) in [5, 5.41) is 3.68. The highest BCUT2D eigenvalue weighted by molar-refractivity contribution is 4.78. The fraction of sp³-hybridized carbons (Fsp3) is 1.00. The van der Waals surface area contributed by atoms with E-state index in [-0.39, 0.29) is 0 Å². The Morgan fingerprint density at radius 1 is 0.944 bits per heavy atom. The van der Waals surface area contributed by atoms with E-state index in [9.17, 15) is 0 Å². The Bertz CT molecular complexity index is 196. The van der Waals surface area contributed by atoms with Gasteiger partial charge in [-0.1, -0.05) is 66.2 Å². The van der Waals surface area contributed by atoms with Crippen LogP contribution < -0.4 is 5.32 Å². The lowest BCUT2D eigenvalue weighted by Crippen LogP contribution is -2.33. The van der Waals surface area contributed by atoms with Gasteiger partial charge in [0.25, 0.3) is 0 Å². The maximum Gasteiger partial charge on any atom is 0.00104 e. The first-order chi connectivity index (χ1) is 8.67. The standard InChI is InChI=1S/C17H35N/c1-5-15(6-2)12-16-10-8-7-9-11-17(16)13-18-14(3)4/h14-18H,5-13H2,1-4H3. The zero-order chi connectivity index (χ0) is 13.4. The van der Waals surface area contributed by atoms with Crippen LogP contribution in [0.4, 0.5) is 0 Å². The van der Waals surface area contributed by atoms with E-state index >= 15 is 0 Å². The van der Waals surface area contributed by atoms with Crippen LogP contribution in [0.3, 0.4) is 0 Å². The third kappa shape index (κ3) is 5.73. The Balaban J connectivity index is 2.50. The van der Waals surface area contributed by atoms with E-state index in [1.807, 2.05) is 0 Å². The Hall–Kier alpha value is -0.0400. The lowest BCUT2D eigenvalue weighted by molar-refractivity contribution is 0.234. The highest BCUT2D eigenvalue weighted by Crippen LogP contribution is 2.34. The highest BCUT2D eigenvalue weighted by atomic mass is 14.9. The summed E-state index contributed by atoms with van der Waals surface area (Å²) in [6, 6.07) is 0.641. The van der Waals surface area contributed by atoms with Crippen LogP contribution in [-0.2, 0) is 0 Å². The van der Waals surface area contributed by atoms with Crippen molar-refractivity contribution in [3.63, 3.8) is 0 Å². The molecule has 1 rings (SSSR count). The Morgan fingerprint density at radius 2 is 1.56 bits per heavy atom. The van der Waals surface area contributed by atoms with Crippen LogP contribution >= 0.6 is 0 Å². The van der Waals surface area contributed by atoms with E-state index < -0.39 is 0 Å². The number of hydrogen-bond acceptors (Lipinski definition) is 1.